The van der Waals surface area contributed by atoms with Crippen LogP contribution in [0.1, 0.15) is 11.1 Å². The first kappa shape index (κ1) is 18.2. The predicted octanol–water partition coefficient (Wildman–Crippen LogP) is 4.91. The summed E-state index contributed by atoms with van der Waals surface area (Å²) >= 11 is 0. The van der Waals surface area contributed by atoms with Gasteiger partial charge in [0.1, 0.15) is 5.58 Å². The lowest BCUT2D eigenvalue weighted by atomic mass is 10.0. The van der Waals surface area contributed by atoms with Crippen LogP contribution in [-0.2, 0) is 9.84 Å². The van der Waals surface area contributed by atoms with Gasteiger partial charge in [-0.05, 0) is 43.2 Å². The van der Waals surface area contributed by atoms with Crippen molar-refractivity contribution < 1.29 is 12.8 Å². The second-order valence-electron chi connectivity index (χ2n) is 6.78. The molecule has 0 radical (unpaired) electrons. The highest BCUT2D eigenvalue weighted by Gasteiger charge is 2.29. The van der Waals surface area contributed by atoms with E-state index in [0.717, 1.165) is 11.1 Å². The SMILES string of the molecule is Cc1ccc(S(=O)(=O)c2c(-c3ccccc3)c3ccc(C)cc3oc2=O)cc1. The molecule has 0 aliphatic heterocycles. The summed E-state index contributed by atoms with van der Waals surface area (Å²) in [5, 5.41) is 0.585. The average Bonchev–Trinajstić information content (AvgIpc) is 2.67. The van der Waals surface area contributed by atoms with Crippen molar-refractivity contribution in [1.82, 2.24) is 0 Å². The summed E-state index contributed by atoms with van der Waals surface area (Å²) in [5.74, 6) is 0. The van der Waals surface area contributed by atoms with Crippen LogP contribution in [0.3, 0.4) is 0 Å². The van der Waals surface area contributed by atoms with Crippen LogP contribution in [0, 0.1) is 13.8 Å². The zero-order valence-electron chi connectivity index (χ0n) is 15.5. The minimum atomic E-state index is -4.07. The molecule has 0 unspecified atom stereocenters. The molecule has 0 spiro atoms. The van der Waals surface area contributed by atoms with Crippen LogP contribution in [0.5, 0.6) is 0 Å². The second-order valence-corrected chi connectivity index (χ2v) is 8.66. The van der Waals surface area contributed by atoms with Crippen molar-refractivity contribution in [1.29, 1.82) is 0 Å². The van der Waals surface area contributed by atoms with Crippen LogP contribution in [0.2, 0.25) is 0 Å². The van der Waals surface area contributed by atoms with E-state index in [4.69, 9.17) is 4.42 Å². The largest absolute Gasteiger partial charge is 0.422 e. The minimum Gasteiger partial charge on any atom is -0.422 e. The molecular formula is C23H18O4S. The van der Waals surface area contributed by atoms with Crippen LogP contribution < -0.4 is 5.63 Å². The minimum absolute atomic E-state index is 0.0639. The molecule has 4 aromatic rings. The van der Waals surface area contributed by atoms with Crippen LogP contribution in [0.4, 0.5) is 0 Å². The summed E-state index contributed by atoms with van der Waals surface area (Å²) < 4.78 is 32.3. The lowest BCUT2D eigenvalue weighted by Gasteiger charge is -2.13. The van der Waals surface area contributed by atoms with Crippen molar-refractivity contribution in [2.24, 2.45) is 0 Å². The smallest absolute Gasteiger partial charge is 0.356 e. The molecule has 0 atom stereocenters. The number of sulfone groups is 1. The van der Waals surface area contributed by atoms with Crippen LogP contribution in [-0.4, -0.2) is 8.42 Å². The molecule has 0 bridgehead atoms. The summed E-state index contributed by atoms with van der Waals surface area (Å²) in [6, 6.07) is 20.9. The Hall–Kier alpha value is -3.18. The average molecular weight is 390 g/mol. The Morgan fingerprint density at radius 2 is 1.43 bits per heavy atom. The Bertz CT molecular complexity index is 1330. The fraction of sp³-hybridized carbons (Fsp3) is 0.0870. The molecule has 4 nitrogen and oxygen atoms in total. The number of hydrogen-bond acceptors (Lipinski definition) is 4. The summed E-state index contributed by atoms with van der Waals surface area (Å²) in [6.45, 7) is 3.76. The summed E-state index contributed by atoms with van der Waals surface area (Å²) in [7, 11) is -4.07. The highest BCUT2D eigenvalue weighted by Crippen LogP contribution is 2.35. The molecule has 28 heavy (non-hydrogen) atoms. The summed E-state index contributed by atoms with van der Waals surface area (Å²) in [6.07, 6.45) is 0. The van der Waals surface area contributed by atoms with E-state index in [0.29, 0.717) is 22.1 Å². The van der Waals surface area contributed by atoms with Crippen molar-refractivity contribution in [3.63, 3.8) is 0 Å². The quantitative estimate of drug-likeness (QED) is 0.466. The van der Waals surface area contributed by atoms with E-state index in [9.17, 15) is 13.2 Å². The van der Waals surface area contributed by atoms with Crippen molar-refractivity contribution in [2.75, 3.05) is 0 Å². The maximum Gasteiger partial charge on any atom is 0.356 e. The number of rotatable bonds is 3. The van der Waals surface area contributed by atoms with Gasteiger partial charge in [-0.2, -0.15) is 0 Å². The third kappa shape index (κ3) is 3.04. The highest BCUT2D eigenvalue weighted by atomic mass is 32.2. The van der Waals surface area contributed by atoms with Gasteiger partial charge in [-0.3, -0.25) is 0 Å². The summed E-state index contributed by atoms with van der Waals surface area (Å²) in [4.78, 5) is 12.6. The zero-order valence-corrected chi connectivity index (χ0v) is 16.3. The molecule has 0 fully saturated rings. The van der Waals surface area contributed by atoms with E-state index in [-0.39, 0.29) is 9.79 Å². The van der Waals surface area contributed by atoms with Crippen LogP contribution in [0.25, 0.3) is 22.1 Å². The molecule has 1 heterocycles. The lowest BCUT2D eigenvalue weighted by molar-refractivity contribution is 0.533. The zero-order chi connectivity index (χ0) is 19.9. The third-order valence-corrected chi connectivity index (χ3v) is 6.49. The Balaban J connectivity index is 2.14. The molecular weight excluding hydrogens is 372 g/mol. The van der Waals surface area contributed by atoms with Gasteiger partial charge in [-0.1, -0.05) is 60.2 Å². The fourth-order valence-corrected chi connectivity index (χ4v) is 4.75. The van der Waals surface area contributed by atoms with Crippen molar-refractivity contribution >= 4 is 20.8 Å². The van der Waals surface area contributed by atoms with E-state index >= 15 is 0 Å². The van der Waals surface area contributed by atoms with E-state index < -0.39 is 15.5 Å². The maximum atomic E-state index is 13.4. The van der Waals surface area contributed by atoms with Gasteiger partial charge in [0, 0.05) is 10.9 Å². The van der Waals surface area contributed by atoms with E-state index in [1.807, 2.05) is 38.1 Å². The molecule has 0 amide bonds. The fourth-order valence-electron chi connectivity index (χ4n) is 3.26. The molecule has 1 aromatic heterocycles. The Kier molecular flexibility index (Phi) is 4.40. The van der Waals surface area contributed by atoms with Crippen molar-refractivity contribution in [2.45, 2.75) is 23.6 Å². The molecule has 0 N–H and O–H groups in total. The second kappa shape index (κ2) is 6.77. The van der Waals surface area contributed by atoms with Gasteiger partial charge in [0.15, 0.2) is 4.90 Å². The Labute approximate surface area is 163 Å². The first-order valence-electron chi connectivity index (χ1n) is 8.82. The predicted molar refractivity (Wildman–Crippen MR) is 109 cm³/mol. The highest BCUT2D eigenvalue weighted by molar-refractivity contribution is 7.91. The van der Waals surface area contributed by atoms with Gasteiger partial charge in [0.2, 0.25) is 9.84 Å². The number of hydrogen-bond donors (Lipinski definition) is 0. The van der Waals surface area contributed by atoms with Crippen LogP contribution in [0.15, 0.2) is 91.8 Å². The molecule has 0 saturated carbocycles. The van der Waals surface area contributed by atoms with Gasteiger partial charge < -0.3 is 4.42 Å². The third-order valence-electron chi connectivity index (χ3n) is 4.68. The van der Waals surface area contributed by atoms with E-state index in [1.54, 1.807) is 36.4 Å². The monoisotopic (exact) mass is 390 g/mol. The van der Waals surface area contributed by atoms with E-state index in [2.05, 4.69) is 0 Å². The van der Waals surface area contributed by atoms with Gasteiger partial charge in [-0.15, -0.1) is 0 Å². The number of benzene rings is 3. The molecule has 0 aliphatic rings. The normalized spacial score (nSPS) is 11.6. The van der Waals surface area contributed by atoms with Gasteiger partial charge in [0.05, 0.1) is 4.90 Å². The van der Waals surface area contributed by atoms with Gasteiger partial charge in [0.25, 0.3) is 0 Å². The molecule has 5 heteroatoms. The Morgan fingerprint density at radius 3 is 2.11 bits per heavy atom. The number of aryl methyl sites for hydroxylation is 2. The molecule has 3 aromatic carbocycles. The molecule has 4 rings (SSSR count). The first-order chi connectivity index (χ1) is 13.4. The summed E-state index contributed by atoms with van der Waals surface area (Å²) in [5.41, 5.74) is 2.37. The lowest BCUT2D eigenvalue weighted by Crippen LogP contribution is -2.16. The first-order valence-corrected chi connectivity index (χ1v) is 10.3. The van der Waals surface area contributed by atoms with Gasteiger partial charge >= 0.3 is 5.63 Å². The Morgan fingerprint density at radius 1 is 0.786 bits per heavy atom. The van der Waals surface area contributed by atoms with Crippen LogP contribution >= 0.6 is 0 Å². The maximum absolute atomic E-state index is 13.4. The molecule has 140 valence electrons. The topological polar surface area (TPSA) is 64.3 Å². The van der Waals surface area contributed by atoms with Crippen molar-refractivity contribution in [3.8, 4) is 11.1 Å². The van der Waals surface area contributed by atoms with Crippen molar-refractivity contribution in [3.05, 3.63) is 94.3 Å². The molecule has 0 aliphatic carbocycles. The van der Waals surface area contributed by atoms with E-state index in [1.165, 1.54) is 12.1 Å². The van der Waals surface area contributed by atoms with Gasteiger partial charge in [-0.25, -0.2) is 13.2 Å². The molecule has 0 saturated heterocycles. The standard InChI is InChI=1S/C23H18O4S/c1-15-8-11-18(12-9-15)28(25,26)22-21(17-6-4-3-5-7-17)19-13-10-16(2)14-20(19)27-23(22)24/h3-14H,1-2H3. The number of fused-ring (bicyclic) bond motifs is 1.